The van der Waals surface area contributed by atoms with Crippen LogP contribution in [0.2, 0.25) is 0 Å². The minimum atomic E-state index is -0.677. The molecule has 0 unspecified atom stereocenters. The molecule has 0 radical (unpaired) electrons. The number of Topliss-reactive ketones (excluding diaryl/α,β-unsaturated/α-hetero) is 1. The Labute approximate surface area is 244 Å². The minimum absolute atomic E-state index is 0.0498. The van der Waals surface area contributed by atoms with Gasteiger partial charge < -0.3 is 9.72 Å². The molecule has 4 aromatic heterocycles. The number of H-pyrrole nitrogens is 1. The maximum absolute atomic E-state index is 15.2. The molecule has 0 atom stereocenters. The van der Waals surface area contributed by atoms with Gasteiger partial charge in [0.25, 0.3) is 0 Å². The average Bonchev–Trinajstić information content (AvgIpc) is 3.00. The lowest BCUT2D eigenvalue weighted by Gasteiger charge is -2.12. The SMILES string of the molecule is Cc1nc2c(Oc3ccc(CC(=O)c4c[nH]c(C)c(-c5ccc(F)cc5)c4=O)cc3F)ccnc2cc1-c1cccnc1. The normalized spacial score (nSPS) is 11.1. The number of nitrogens with zero attached hydrogens (tertiary/aromatic N) is 3. The first-order valence-corrected chi connectivity index (χ1v) is 13.4. The van der Waals surface area contributed by atoms with E-state index in [1.165, 1.54) is 42.6 Å². The molecule has 43 heavy (non-hydrogen) atoms. The van der Waals surface area contributed by atoms with Crippen LogP contribution < -0.4 is 10.2 Å². The average molecular weight is 575 g/mol. The third-order valence-corrected chi connectivity index (χ3v) is 7.13. The van der Waals surface area contributed by atoms with E-state index in [9.17, 15) is 14.0 Å². The first kappa shape index (κ1) is 27.6. The molecular weight excluding hydrogens is 550 g/mol. The molecule has 0 saturated carbocycles. The zero-order chi connectivity index (χ0) is 30.1. The summed E-state index contributed by atoms with van der Waals surface area (Å²) >= 11 is 0. The van der Waals surface area contributed by atoms with E-state index in [4.69, 9.17) is 4.74 Å². The van der Waals surface area contributed by atoms with Crippen LogP contribution >= 0.6 is 0 Å². The monoisotopic (exact) mass is 574 g/mol. The summed E-state index contributed by atoms with van der Waals surface area (Å²) in [4.78, 5) is 42.6. The lowest BCUT2D eigenvalue weighted by Crippen LogP contribution is -2.20. The van der Waals surface area contributed by atoms with Crippen molar-refractivity contribution in [3.8, 4) is 33.8 Å². The molecular formula is C34H24F2N4O3. The maximum atomic E-state index is 15.2. The summed E-state index contributed by atoms with van der Waals surface area (Å²) in [6, 6.07) is 17.0. The van der Waals surface area contributed by atoms with Gasteiger partial charge in [0.05, 0.1) is 11.1 Å². The molecule has 2 aromatic carbocycles. The van der Waals surface area contributed by atoms with Crippen molar-refractivity contribution in [3.05, 3.63) is 136 Å². The summed E-state index contributed by atoms with van der Waals surface area (Å²) in [5, 5.41) is 0. The van der Waals surface area contributed by atoms with Crippen LogP contribution in [0.15, 0.2) is 96.3 Å². The number of hydrogen-bond acceptors (Lipinski definition) is 6. The number of rotatable bonds is 7. The van der Waals surface area contributed by atoms with Crippen molar-refractivity contribution in [2.24, 2.45) is 0 Å². The smallest absolute Gasteiger partial charge is 0.200 e. The number of halogens is 2. The van der Waals surface area contributed by atoms with Gasteiger partial charge in [-0.05, 0) is 61.4 Å². The van der Waals surface area contributed by atoms with E-state index >= 15 is 4.39 Å². The number of carbonyl (C=O) groups excluding carboxylic acids is 1. The summed E-state index contributed by atoms with van der Waals surface area (Å²) in [6.07, 6.45) is 6.15. The second kappa shape index (κ2) is 11.4. The quantitative estimate of drug-likeness (QED) is 0.203. The molecule has 0 amide bonds. The van der Waals surface area contributed by atoms with Crippen molar-refractivity contribution in [1.82, 2.24) is 19.9 Å². The second-order valence-electron chi connectivity index (χ2n) is 10.0. The van der Waals surface area contributed by atoms with Gasteiger partial charge in [0, 0.05) is 65.4 Å². The largest absolute Gasteiger partial charge is 0.452 e. The Morgan fingerprint density at radius 1 is 0.930 bits per heavy atom. The fraction of sp³-hybridized carbons (Fsp3) is 0.0882. The first-order valence-electron chi connectivity index (χ1n) is 13.4. The van der Waals surface area contributed by atoms with Crippen LogP contribution in [-0.2, 0) is 6.42 Å². The molecule has 0 saturated heterocycles. The fourth-order valence-corrected chi connectivity index (χ4v) is 4.97. The number of carbonyl (C=O) groups is 1. The van der Waals surface area contributed by atoms with Gasteiger partial charge in [-0.2, -0.15) is 0 Å². The number of aromatic amines is 1. The number of hydrogen-bond donors (Lipinski definition) is 1. The Kier molecular flexibility index (Phi) is 7.29. The Morgan fingerprint density at radius 2 is 1.74 bits per heavy atom. The highest BCUT2D eigenvalue weighted by atomic mass is 19.1. The molecule has 7 nitrogen and oxygen atoms in total. The van der Waals surface area contributed by atoms with E-state index in [-0.39, 0.29) is 23.3 Å². The van der Waals surface area contributed by atoms with E-state index < -0.39 is 22.8 Å². The number of ether oxygens (including phenoxy) is 1. The fourth-order valence-electron chi connectivity index (χ4n) is 4.97. The number of aryl methyl sites for hydroxylation is 2. The molecule has 4 heterocycles. The molecule has 0 fully saturated rings. The van der Waals surface area contributed by atoms with Gasteiger partial charge in [0.2, 0.25) is 0 Å². The summed E-state index contributed by atoms with van der Waals surface area (Å²) in [5.41, 5.74) is 4.70. The van der Waals surface area contributed by atoms with Crippen LogP contribution in [-0.4, -0.2) is 25.7 Å². The summed E-state index contributed by atoms with van der Waals surface area (Å²) in [7, 11) is 0. The molecule has 0 aliphatic heterocycles. The van der Waals surface area contributed by atoms with Gasteiger partial charge in [-0.3, -0.25) is 19.6 Å². The number of aromatic nitrogens is 4. The van der Waals surface area contributed by atoms with Crippen molar-refractivity contribution in [2.75, 3.05) is 0 Å². The minimum Gasteiger partial charge on any atom is -0.452 e. The summed E-state index contributed by atoms with van der Waals surface area (Å²) < 4.78 is 34.5. The molecule has 212 valence electrons. The van der Waals surface area contributed by atoms with E-state index in [1.54, 1.807) is 37.6 Å². The van der Waals surface area contributed by atoms with E-state index in [2.05, 4.69) is 19.9 Å². The topological polar surface area (TPSA) is 97.8 Å². The third kappa shape index (κ3) is 5.52. The van der Waals surface area contributed by atoms with Crippen LogP contribution in [0.3, 0.4) is 0 Å². The van der Waals surface area contributed by atoms with Gasteiger partial charge in [0.15, 0.2) is 28.5 Å². The van der Waals surface area contributed by atoms with Crippen LogP contribution in [0.5, 0.6) is 11.5 Å². The van der Waals surface area contributed by atoms with Gasteiger partial charge in [-0.15, -0.1) is 0 Å². The molecule has 6 aromatic rings. The molecule has 9 heteroatoms. The van der Waals surface area contributed by atoms with Crippen LogP contribution in [0.1, 0.15) is 27.3 Å². The number of benzene rings is 2. The van der Waals surface area contributed by atoms with Crippen molar-refractivity contribution in [2.45, 2.75) is 20.3 Å². The van der Waals surface area contributed by atoms with Gasteiger partial charge in [-0.25, -0.2) is 13.8 Å². The standard InChI is InChI=1S/C34H24F2N4O3/c1-19-25(23-4-3-12-37-17-23)16-28-33(40-19)31(11-13-38-28)43-30-10-5-21(14-27(30)36)15-29(41)26-18-39-20(2)32(34(26)42)22-6-8-24(35)9-7-22/h3-14,16-18H,15H2,1-2H3,(H,39,42). The number of ketones is 1. The first-order chi connectivity index (χ1) is 20.8. The Hall–Kier alpha value is -5.57. The van der Waals surface area contributed by atoms with Gasteiger partial charge in [-0.1, -0.05) is 24.3 Å². The predicted molar refractivity (Wildman–Crippen MR) is 159 cm³/mol. The highest BCUT2D eigenvalue weighted by Crippen LogP contribution is 2.33. The van der Waals surface area contributed by atoms with Crippen molar-refractivity contribution < 1.29 is 18.3 Å². The highest BCUT2D eigenvalue weighted by Gasteiger charge is 2.19. The third-order valence-electron chi connectivity index (χ3n) is 7.13. The van der Waals surface area contributed by atoms with Crippen molar-refractivity contribution >= 4 is 16.8 Å². The van der Waals surface area contributed by atoms with Crippen LogP contribution in [0, 0.1) is 25.5 Å². The lowest BCUT2D eigenvalue weighted by atomic mass is 9.98. The number of pyridine rings is 4. The second-order valence-corrected chi connectivity index (χ2v) is 10.0. The van der Waals surface area contributed by atoms with Crippen LogP contribution in [0.4, 0.5) is 8.78 Å². The van der Waals surface area contributed by atoms with Gasteiger partial charge in [0.1, 0.15) is 11.3 Å². The van der Waals surface area contributed by atoms with Crippen molar-refractivity contribution in [1.29, 1.82) is 0 Å². The predicted octanol–water partition coefficient (Wildman–Crippen LogP) is 7.16. The molecule has 0 bridgehead atoms. The Morgan fingerprint density at radius 3 is 2.49 bits per heavy atom. The molecule has 0 aliphatic rings. The van der Waals surface area contributed by atoms with E-state index in [0.29, 0.717) is 33.6 Å². The molecule has 0 aliphatic carbocycles. The summed E-state index contributed by atoms with van der Waals surface area (Å²) in [5.74, 6) is -1.32. The van der Waals surface area contributed by atoms with Crippen molar-refractivity contribution in [3.63, 3.8) is 0 Å². The van der Waals surface area contributed by atoms with Crippen LogP contribution in [0.25, 0.3) is 33.3 Å². The Bertz CT molecular complexity index is 2060. The Balaban J connectivity index is 1.25. The zero-order valence-corrected chi connectivity index (χ0v) is 23.2. The van der Waals surface area contributed by atoms with E-state index in [0.717, 1.165) is 16.8 Å². The zero-order valence-electron chi connectivity index (χ0n) is 23.2. The maximum Gasteiger partial charge on any atom is 0.200 e. The lowest BCUT2D eigenvalue weighted by molar-refractivity contribution is 0.0991. The number of nitrogens with one attached hydrogen (secondary N) is 1. The van der Waals surface area contributed by atoms with Gasteiger partial charge >= 0.3 is 0 Å². The highest BCUT2D eigenvalue weighted by molar-refractivity contribution is 5.98. The molecule has 6 rings (SSSR count). The molecule has 1 N–H and O–H groups in total. The summed E-state index contributed by atoms with van der Waals surface area (Å²) in [6.45, 7) is 3.57. The van der Waals surface area contributed by atoms with E-state index in [1.807, 2.05) is 25.1 Å². The molecule has 0 spiro atoms. The number of fused-ring (bicyclic) bond motifs is 1.